The lowest BCUT2D eigenvalue weighted by molar-refractivity contribution is 0.178. The number of aliphatic hydroxyl groups is 1. The highest BCUT2D eigenvalue weighted by Gasteiger charge is 2.12. The summed E-state index contributed by atoms with van der Waals surface area (Å²) in [5.41, 5.74) is 2.15. The SMILES string of the molecule is CCN(CCO)C(=O)NCC(C)Cn1nc(C)cc1C. The average Bonchev–Trinajstić information content (AvgIpc) is 2.71. The Morgan fingerprint density at radius 2 is 2.25 bits per heavy atom. The molecule has 0 spiro atoms. The Kier molecular flexibility index (Phi) is 6.51. The molecule has 6 nitrogen and oxygen atoms in total. The molecule has 1 rings (SSSR count). The molecular weight excluding hydrogens is 256 g/mol. The van der Waals surface area contributed by atoms with Crippen LogP contribution >= 0.6 is 0 Å². The number of hydrogen-bond donors (Lipinski definition) is 2. The molecular formula is C14H26N4O2. The van der Waals surface area contributed by atoms with Gasteiger partial charge in [0.25, 0.3) is 0 Å². The predicted molar refractivity (Wildman–Crippen MR) is 78.6 cm³/mol. The fourth-order valence-corrected chi connectivity index (χ4v) is 2.12. The lowest BCUT2D eigenvalue weighted by Crippen LogP contribution is -2.43. The molecule has 1 heterocycles. The second-order valence-corrected chi connectivity index (χ2v) is 5.20. The minimum atomic E-state index is -0.123. The molecule has 0 saturated carbocycles. The van der Waals surface area contributed by atoms with Crippen molar-refractivity contribution in [3.63, 3.8) is 0 Å². The van der Waals surface area contributed by atoms with Crippen molar-refractivity contribution in [1.82, 2.24) is 20.0 Å². The maximum atomic E-state index is 11.9. The molecule has 0 aliphatic rings. The number of aromatic nitrogens is 2. The van der Waals surface area contributed by atoms with Crippen molar-refractivity contribution in [2.75, 3.05) is 26.2 Å². The van der Waals surface area contributed by atoms with E-state index in [0.717, 1.165) is 17.9 Å². The lowest BCUT2D eigenvalue weighted by Gasteiger charge is -2.21. The number of nitrogens with zero attached hydrogens (tertiary/aromatic N) is 3. The van der Waals surface area contributed by atoms with Gasteiger partial charge in [0.15, 0.2) is 0 Å². The van der Waals surface area contributed by atoms with Crippen molar-refractivity contribution in [2.45, 2.75) is 34.2 Å². The number of nitrogens with one attached hydrogen (secondary N) is 1. The van der Waals surface area contributed by atoms with Gasteiger partial charge in [0.2, 0.25) is 0 Å². The molecule has 1 aromatic rings. The fraction of sp³-hybridized carbons (Fsp3) is 0.714. The molecule has 0 bridgehead atoms. The van der Waals surface area contributed by atoms with Crippen LogP contribution < -0.4 is 5.32 Å². The number of carbonyl (C=O) groups is 1. The maximum absolute atomic E-state index is 11.9. The van der Waals surface area contributed by atoms with E-state index in [1.165, 1.54) is 0 Å². The largest absolute Gasteiger partial charge is 0.395 e. The van der Waals surface area contributed by atoms with Crippen molar-refractivity contribution < 1.29 is 9.90 Å². The van der Waals surface area contributed by atoms with E-state index in [1.807, 2.05) is 31.5 Å². The quantitative estimate of drug-likeness (QED) is 0.788. The van der Waals surface area contributed by atoms with E-state index in [2.05, 4.69) is 17.3 Å². The molecule has 0 aromatic carbocycles. The van der Waals surface area contributed by atoms with E-state index in [0.29, 0.717) is 25.6 Å². The number of carbonyl (C=O) groups excluding carboxylic acids is 1. The van der Waals surface area contributed by atoms with E-state index < -0.39 is 0 Å². The zero-order valence-corrected chi connectivity index (χ0v) is 12.9. The summed E-state index contributed by atoms with van der Waals surface area (Å²) in [7, 11) is 0. The monoisotopic (exact) mass is 282 g/mol. The van der Waals surface area contributed by atoms with Gasteiger partial charge in [0.05, 0.1) is 12.3 Å². The molecule has 0 aliphatic carbocycles. The van der Waals surface area contributed by atoms with Gasteiger partial charge in [-0.1, -0.05) is 6.92 Å². The van der Waals surface area contributed by atoms with E-state index in [4.69, 9.17) is 5.11 Å². The molecule has 1 unspecified atom stereocenters. The van der Waals surface area contributed by atoms with Crippen molar-refractivity contribution in [3.05, 3.63) is 17.5 Å². The van der Waals surface area contributed by atoms with Crippen LogP contribution in [0.4, 0.5) is 4.79 Å². The number of likely N-dealkylation sites (N-methyl/N-ethyl adjacent to an activating group) is 1. The van der Waals surface area contributed by atoms with Gasteiger partial charge in [0, 0.05) is 31.9 Å². The van der Waals surface area contributed by atoms with Crippen LogP contribution in [-0.4, -0.2) is 52.1 Å². The first-order valence-electron chi connectivity index (χ1n) is 7.12. The van der Waals surface area contributed by atoms with Crippen LogP contribution in [0.25, 0.3) is 0 Å². The molecule has 1 aromatic heterocycles. The Morgan fingerprint density at radius 3 is 2.75 bits per heavy atom. The minimum Gasteiger partial charge on any atom is -0.395 e. The maximum Gasteiger partial charge on any atom is 0.317 e. The lowest BCUT2D eigenvalue weighted by atomic mass is 10.2. The second kappa shape index (κ2) is 7.89. The number of rotatable bonds is 7. The second-order valence-electron chi connectivity index (χ2n) is 5.20. The molecule has 0 aliphatic heterocycles. The number of aliphatic hydroxyl groups excluding tert-OH is 1. The molecule has 114 valence electrons. The van der Waals surface area contributed by atoms with Crippen LogP contribution in [0.15, 0.2) is 6.07 Å². The number of aryl methyl sites for hydroxylation is 2. The van der Waals surface area contributed by atoms with Gasteiger partial charge in [-0.25, -0.2) is 4.79 Å². The highest BCUT2D eigenvalue weighted by Crippen LogP contribution is 2.06. The summed E-state index contributed by atoms with van der Waals surface area (Å²) in [5, 5.41) is 16.2. The van der Waals surface area contributed by atoms with Gasteiger partial charge < -0.3 is 15.3 Å². The fourth-order valence-electron chi connectivity index (χ4n) is 2.12. The Balaban J connectivity index is 2.41. The number of hydrogen-bond acceptors (Lipinski definition) is 3. The highest BCUT2D eigenvalue weighted by molar-refractivity contribution is 5.74. The summed E-state index contributed by atoms with van der Waals surface area (Å²) in [5.74, 6) is 0.296. The third-order valence-electron chi connectivity index (χ3n) is 3.23. The minimum absolute atomic E-state index is 0.0113. The number of amides is 2. The van der Waals surface area contributed by atoms with Crippen LogP contribution in [0.2, 0.25) is 0 Å². The van der Waals surface area contributed by atoms with Gasteiger partial charge in [-0.15, -0.1) is 0 Å². The first-order chi connectivity index (χ1) is 9.47. The van der Waals surface area contributed by atoms with Crippen molar-refractivity contribution in [3.8, 4) is 0 Å². The van der Waals surface area contributed by atoms with Crippen molar-refractivity contribution >= 4 is 6.03 Å². The zero-order chi connectivity index (χ0) is 15.1. The smallest absolute Gasteiger partial charge is 0.317 e. The molecule has 0 saturated heterocycles. The summed E-state index contributed by atoms with van der Waals surface area (Å²) in [4.78, 5) is 13.5. The first-order valence-corrected chi connectivity index (χ1v) is 7.12. The highest BCUT2D eigenvalue weighted by atomic mass is 16.3. The Labute approximate surface area is 120 Å². The standard InChI is InChI=1S/C14H26N4O2/c1-5-17(6-7-19)14(20)15-9-11(2)10-18-13(4)8-12(3)16-18/h8,11,19H,5-7,9-10H2,1-4H3,(H,15,20). The molecule has 2 amide bonds. The molecule has 0 fully saturated rings. The Morgan fingerprint density at radius 1 is 1.55 bits per heavy atom. The normalized spacial score (nSPS) is 12.2. The third-order valence-corrected chi connectivity index (χ3v) is 3.23. The Bertz CT molecular complexity index is 431. The molecule has 1 atom stereocenters. The third kappa shape index (κ3) is 4.85. The van der Waals surface area contributed by atoms with Crippen LogP contribution in [0.3, 0.4) is 0 Å². The van der Waals surface area contributed by atoms with Gasteiger partial charge in [-0.3, -0.25) is 4.68 Å². The summed E-state index contributed by atoms with van der Waals surface area (Å²) in [6.07, 6.45) is 0. The van der Waals surface area contributed by atoms with Crippen LogP contribution in [-0.2, 0) is 6.54 Å². The summed E-state index contributed by atoms with van der Waals surface area (Å²) in [6.45, 7) is 10.3. The molecule has 6 heteroatoms. The van der Waals surface area contributed by atoms with Crippen LogP contribution in [0, 0.1) is 19.8 Å². The van der Waals surface area contributed by atoms with Crippen LogP contribution in [0.5, 0.6) is 0 Å². The molecule has 20 heavy (non-hydrogen) atoms. The topological polar surface area (TPSA) is 70.4 Å². The summed E-state index contributed by atoms with van der Waals surface area (Å²) >= 11 is 0. The van der Waals surface area contributed by atoms with Crippen molar-refractivity contribution in [2.24, 2.45) is 5.92 Å². The number of urea groups is 1. The zero-order valence-electron chi connectivity index (χ0n) is 12.9. The van der Waals surface area contributed by atoms with E-state index in [9.17, 15) is 4.79 Å². The molecule has 0 radical (unpaired) electrons. The van der Waals surface area contributed by atoms with Gasteiger partial charge in [0.1, 0.15) is 0 Å². The van der Waals surface area contributed by atoms with E-state index in [-0.39, 0.29) is 12.6 Å². The Hall–Kier alpha value is -1.56. The van der Waals surface area contributed by atoms with E-state index in [1.54, 1.807) is 4.90 Å². The van der Waals surface area contributed by atoms with Crippen LogP contribution in [0.1, 0.15) is 25.2 Å². The average molecular weight is 282 g/mol. The van der Waals surface area contributed by atoms with Gasteiger partial charge in [-0.05, 0) is 32.8 Å². The summed E-state index contributed by atoms with van der Waals surface area (Å²) in [6, 6.07) is 1.92. The molecule has 2 N–H and O–H groups in total. The predicted octanol–water partition coefficient (Wildman–Crippen LogP) is 1.16. The van der Waals surface area contributed by atoms with Crippen molar-refractivity contribution in [1.29, 1.82) is 0 Å². The first kappa shape index (κ1) is 16.5. The van der Waals surface area contributed by atoms with E-state index >= 15 is 0 Å². The summed E-state index contributed by atoms with van der Waals surface area (Å²) < 4.78 is 1.97. The van der Waals surface area contributed by atoms with Gasteiger partial charge in [-0.2, -0.15) is 5.10 Å². The van der Waals surface area contributed by atoms with Gasteiger partial charge >= 0.3 is 6.03 Å².